The summed E-state index contributed by atoms with van der Waals surface area (Å²) in [7, 11) is 3.34. The van der Waals surface area contributed by atoms with Crippen LogP contribution in [0.1, 0.15) is 40.1 Å². The van der Waals surface area contributed by atoms with Crippen molar-refractivity contribution in [1.82, 2.24) is 20.1 Å². The van der Waals surface area contributed by atoms with Crippen LogP contribution in [0.25, 0.3) is 11.1 Å². The van der Waals surface area contributed by atoms with Crippen molar-refractivity contribution in [3.63, 3.8) is 0 Å². The standard InChI is InChI=1S/C23H28N6O3/c1-14-6-7-15(21(31)26-19-8-9-25-28-19)10-17(14)16-11-18(22(32)29(4)5)20(24-12-16)27-23(2,3)13-30/h6-12,30H,13H2,1-5H3,(H,24,27)(H2,25,26,28,31). The molecule has 3 rings (SSSR count). The molecule has 0 aliphatic rings. The second-order valence-corrected chi connectivity index (χ2v) is 8.44. The highest BCUT2D eigenvalue weighted by molar-refractivity contribution is 6.05. The van der Waals surface area contributed by atoms with Gasteiger partial charge in [0.05, 0.1) is 23.9 Å². The Bertz CT molecular complexity index is 1120. The lowest BCUT2D eigenvalue weighted by molar-refractivity contribution is 0.0827. The Hall–Kier alpha value is -3.72. The third-order valence-corrected chi connectivity index (χ3v) is 4.94. The second-order valence-electron chi connectivity index (χ2n) is 8.44. The van der Waals surface area contributed by atoms with E-state index in [-0.39, 0.29) is 18.4 Å². The van der Waals surface area contributed by atoms with Gasteiger partial charge in [-0.25, -0.2) is 4.98 Å². The molecular weight excluding hydrogens is 408 g/mol. The fourth-order valence-electron chi connectivity index (χ4n) is 3.07. The number of aryl methyl sites for hydroxylation is 1. The van der Waals surface area contributed by atoms with Gasteiger partial charge in [-0.05, 0) is 50.1 Å². The predicted molar refractivity (Wildman–Crippen MR) is 124 cm³/mol. The molecule has 168 valence electrons. The van der Waals surface area contributed by atoms with Gasteiger partial charge in [-0.3, -0.25) is 14.7 Å². The molecule has 0 saturated heterocycles. The minimum atomic E-state index is -0.656. The number of carbonyl (C=O) groups excluding carboxylic acids is 2. The number of rotatable bonds is 7. The van der Waals surface area contributed by atoms with E-state index in [0.717, 1.165) is 11.1 Å². The normalized spacial score (nSPS) is 11.2. The summed E-state index contributed by atoms with van der Waals surface area (Å²) >= 11 is 0. The first kappa shape index (κ1) is 23.0. The molecule has 3 aromatic rings. The van der Waals surface area contributed by atoms with E-state index >= 15 is 0 Å². The number of aliphatic hydroxyl groups excluding tert-OH is 1. The summed E-state index contributed by atoms with van der Waals surface area (Å²) in [6.45, 7) is 5.44. The van der Waals surface area contributed by atoms with E-state index < -0.39 is 5.54 Å². The highest BCUT2D eigenvalue weighted by Crippen LogP contribution is 2.29. The van der Waals surface area contributed by atoms with Gasteiger partial charge in [0.15, 0.2) is 0 Å². The maximum Gasteiger partial charge on any atom is 0.257 e. The quantitative estimate of drug-likeness (QED) is 0.452. The molecule has 0 atom stereocenters. The van der Waals surface area contributed by atoms with Crippen LogP contribution in [0.3, 0.4) is 0 Å². The predicted octanol–water partition coefficient (Wildman–Crippen LogP) is 2.92. The Kier molecular flexibility index (Phi) is 6.59. The number of aromatic nitrogens is 3. The Morgan fingerprint density at radius 2 is 1.94 bits per heavy atom. The number of carbonyl (C=O) groups is 2. The molecule has 0 aliphatic heterocycles. The maximum atomic E-state index is 12.9. The molecule has 4 N–H and O–H groups in total. The number of hydrogen-bond acceptors (Lipinski definition) is 6. The van der Waals surface area contributed by atoms with Gasteiger partial charge in [-0.2, -0.15) is 5.10 Å². The summed E-state index contributed by atoms with van der Waals surface area (Å²) in [4.78, 5) is 31.5. The van der Waals surface area contributed by atoms with Crippen molar-refractivity contribution >= 4 is 23.5 Å². The highest BCUT2D eigenvalue weighted by Gasteiger charge is 2.23. The summed E-state index contributed by atoms with van der Waals surface area (Å²) < 4.78 is 0. The fraction of sp³-hybridized carbons (Fsp3) is 0.304. The number of benzene rings is 1. The number of anilines is 2. The molecule has 2 heterocycles. The minimum absolute atomic E-state index is 0.126. The van der Waals surface area contributed by atoms with Crippen molar-refractivity contribution in [3.05, 3.63) is 59.4 Å². The SMILES string of the molecule is Cc1ccc(C(=O)Nc2ccn[nH]2)cc1-c1cnc(NC(C)(C)CO)c(C(=O)N(C)C)c1. The minimum Gasteiger partial charge on any atom is -0.394 e. The molecule has 0 radical (unpaired) electrons. The molecule has 2 amide bonds. The van der Waals surface area contributed by atoms with E-state index in [1.165, 1.54) is 4.90 Å². The van der Waals surface area contributed by atoms with Gasteiger partial charge in [-0.15, -0.1) is 0 Å². The van der Waals surface area contributed by atoms with Gasteiger partial charge in [-0.1, -0.05) is 6.07 Å². The van der Waals surface area contributed by atoms with Crippen LogP contribution in [0.2, 0.25) is 0 Å². The van der Waals surface area contributed by atoms with Gasteiger partial charge >= 0.3 is 0 Å². The third-order valence-electron chi connectivity index (χ3n) is 4.94. The van der Waals surface area contributed by atoms with E-state index in [4.69, 9.17) is 0 Å². The van der Waals surface area contributed by atoms with E-state index in [9.17, 15) is 14.7 Å². The summed E-state index contributed by atoms with van der Waals surface area (Å²) in [5, 5.41) is 22.0. The molecule has 9 heteroatoms. The van der Waals surface area contributed by atoms with Crippen LogP contribution in [0.5, 0.6) is 0 Å². The Morgan fingerprint density at radius 3 is 2.56 bits per heavy atom. The molecule has 0 unspecified atom stereocenters. The van der Waals surface area contributed by atoms with Crippen molar-refractivity contribution in [2.24, 2.45) is 0 Å². The van der Waals surface area contributed by atoms with Gasteiger partial charge < -0.3 is 20.6 Å². The lowest BCUT2D eigenvalue weighted by atomic mass is 9.97. The zero-order valence-electron chi connectivity index (χ0n) is 18.9. The van der Waals surface area contributed by atoms with Gasteiger partial charge in [0.25, 0.3) is 11.8 Å². The topological polar surface area (TPSA) is 123 Å². The number of pyridine rings is 1. The monoisotopic (exact) mass is 436 g/mol. The average molecular weight is 437 g/mol. The zero-order valence-corrected chi connectivity index (χ0v) is 18.9. The van der Waals surface area contributed by atoms with E-state index in [1.807, 2.05) is 26.8 Å². The van der Waals surface area contributed by atoms with E-state index in [0.29, 0.717) is 28.3 Å². The summed E-state index contributed by atoms with van der Waals surface area (Å²) in [6.07, 6.45) is 3.21. The molecule has 1 aromatic carbocycles. The smallest absolute Gasteiger partial charge is 0.257 e. The van der Waals surface area contributed by atoms with Crippen LogP contribution in [0, 0.1) is 6.92 Å². The molecule has 0 bridgehead atoms. The van der Waals surface area contributed by atoms with Crippen molar-refractivity contribution in [1.29, 1.82) is 0 Å². The van der Waals surface area contributed by atoms with Crippen molar-refractivity contribution in [2.45, 2.75) is 26.3 Å². The number of aliphatic hydroxyl groups is 1. The third kappa shape index (κ3) is 5.12. The molecule has 0 aliphatic carbocycles. The average Bonchev–Trinajstić information content (AvgIpc) is 3.26. The fourth-order valence-corrected chi connectivity index (χ4v) is 3.07. The van der Waals surface area contributed by atoms with Crippen LogP contribution in [0.4, 0.5) is 11.6 Å². The number of H-pyrrole nitrogens is 1. The van der Waals surface area contributed by atoms with E-state index in [2.05, 4.69) is 25.8 Å². The maximum absolute atomic E-state index is 12.9. The van der Waals surface area contributed by atoms with E-state index in [1.54, 1.807) is 50.8 Å². The van der Waals surface area contributed by atoms with Gasteiger partial charge in [0.1, 0.15) is 11.6 Å². The van der Waals surface area contributed by atoms with Crippen LogP contribution in [-0.4, -0.2) is 63.2 Å². The van der Waals surface area contributed by atoms with Crippen molar-refractivity contribution in [2.75, 3.05) is 31.3 Å². The lowest BCUT2D eigenvalue weighted by Crippen LogP contribution is -2.36. The first-order valence-corrected chi connectivity index (χ1v) is 10.1. The second kappa shape index (κ2) is 9.19. The summed E-state index contributed by atoms with van der Waals surface area (Å²) in [5.41, 5.74) is 2.61. The van der Waals surface area contributed by atoms with Crippen LogP contribution in [-0.2, 0) is 0 Å². The van der Waals surface area contributed by atoms with Crippen LogP contribution < -0.4 is 10.6 Å². The van der Waals surface area contributed by atoms with Gasteiger partial charge in [0.2, 0.25) is 0 Å². The first-order chi connectivity index (χ1) is 15.1. The molecule has 0 fully saturated rings. The number of hydrogen-bond donors (Lipinski definition) is 4. The molecule has 32 heavy (non-hydrogen) atoms. The van der Waals surface area contributed by atoms with Crippen molar-refractivity contribution < 1.29 is 14.7 Å². The zero-order chi connectivity index (χ0) is 23.5. The van der Waals surface area contributed by atoms with Crippen LogP contribution in [0.15, 0.2) is 42.7 Å². The summed E-state index contributed by atoms with van der Waals surface area (Å²) in [6, 6.07) is 8.78. The molecular formula is C23H28N6O3. The van der Waals surface area contributed by atoms with Crippen LogP contribution >= 0.6 is 0 Å². The Balaban J connectivity index is 2.02. The number of amides is 2. The first-order valence-electron chi connectivity index (χ1n) is 10.1. The Labute approximate surface area is 186 Å². The number of nitrogens with zero attached hydrogens (tertiary/aromatic N) is 3. The molecule has 0 saturated carbocycles. The molecule has 2 aromatic heterocycles. The highest BCUT2D eigenvalue weighted by atomic mass is 16.3. The van der Waals surface area contributed by atoms with Gasteiger partial charge in [0, 0.05) is 37.5 Å². The van der Waals surface area contributed by atoms with Crippen molar-refractivity contribution in [3.8, 4) is 11.1 Å². The number of aromatic amines is 1. The Morgan fingerprint density at radius 1 is 1.19 bits per heavy atom. The molecule has 9 nitrogen and oxygen atoms in total. The largest absolute Gasteiger partial charge is 0.394 e. The summed E-state index contributed by atoms with van der Waals surface area (Å²) in [5.74, 6) is 0.384. The lowest BCUT2D eigenvalue weighted by Gasteiger charge is -2.26. The number of nitrogens with one attached hydrogen (secondary N) is 3. The molecule has 0 spiro atoms.